The van der Waals surface area contributed by atoms with E-state index in [2.05, 4.69) is 5.32 Å². The van der Waals surface area contributed by atoms with Crippen molar-refractivity contribution in [1.82, 2.24) is 5.32 Å². The van der Waals surface area contributed by atoms with Crippen molar-refractivity contribution in [3.63, 3.8) is 0 Å². The van der Waals surface area contributed by atoms with Crippen molar-refractivity contribution in [3.05, 3.63) is 58.7 Å². The van der Waals surface area contributed by atoms with E-state index >= 15 is 0 Å². The van der Waals surface area contributed by atoms with E-state index in [9.17, 15) is 4.79 Å². The van der Waals surface area contributed by atoms with E-state index in [-0.39, 0.29) is 5.91 Å². The van der Waals surface area contributed by atoms with Crippen LogP contribution in [0.1, 0.15) is 27.0 Å². The van der Waals surface area contributed by atoms with Gasteiger partial charge in [-0.05, 0) is 43.2 Å². The molecule has 22 heavy (non-hydrogen) atoms. The molecule has 4 heteroatoms. The normalized spacial score (nSPS) is 10.2. The standard InChI is InChI=1S/C18H21NO3/c1-12-7-5-6-8-15(12)18(20)19-11-14-10-16(21-3)13(2)9-17(14)22-4/h5-10H,11H2,1-4H3,(H,19,20). The molecule has 0 atom stereocenters. The minimum absolute atomic E-state index is 0.0975. The molecule has 0 aliphatic carbocycles. The van der Waals surface area contributed by atoms with E-state index in [1.165, 1.54) is 0 Å². The van der Waals surface area contributed by atoms with Gasteiger partial charge in [0.15, 0.2) is 0 Å². The molecule has 1 amide bonds. The second-order valence-electron chi connectivity index (χ2n) is 5.13. The quantitative estimate of drug-likeness (QED) is 0.922. The summed E-state index contributed by atoms with van der Waals surface area (Å²) in [6, 6.07) is 11.3. The summed E-state index contributed by atoms with van der Waals surface area (Å²) in [5.41, 5.74) is 3.51. The first-order chi connectivity index (χ1) is 10.6. The number of nitrogens with one attached hydrogen (secondary N) is 1. The third kappa shape index (κ3) is 3.39. The maximum atomic E-state index is 12.3. The van der Waals surface area contributed by atoms with Crippen molar-refractivity contribution >= 4 is 5.91 Å². The fourth-order valence-electron chi connectivity index (χ4n) is 2.35. The average molecular weight is 299 g/mol. The lowest BCUT2D eigenvalue weighted by atomic mass is 10.1. The third-order valence-electron chi connectivity index (χ3n) is 3.63. The van der Waals surface area contributed by atoms with Crippen LogP contribution in [0.3, 0.4) is 0 Å². The van der Waals surface area contributed by atoms with Crippen molar-refractivity contribution in [2.24, 2.45) is 0 Å². The molecule has 0 bridgehead atoms. The number of hydrogen-bond acceptors (Lipinski definition) is 3. The first-order valence-corrected chi connectivity index (χ1v) is 7.12. The SMILES string of the molecule is COc1cc(CNC(=O)c2ccccc2C)c(OC)cc1C. The molecule has 116 valence electrons. The first kappa shape index (κ1) is 15.9. The number of rotatable bonds is 5. The van der Waals surface area contributed by atoms with Gasteiger partial charge in [0.25, 0.3) is 5.91 Å². The zero-order valence-corrected chi connectivity index (χ0v) is 13.4. The smallest absolute Gasteiger partial charge is 0.251 e. The van der Waals surface area contributed by atoms with Gasteiger partial charge in [-0.3, -0.25) is 4.79 Å². The Morgan fingerprint density at radius 1 is 1.00 bits per heavy atom. The van der Waals surface area contributed by atoms with E-state index in [0.29, 0.717) is 12.1 Å². The number of hydrogen-bond donors (Lipinski definition) is 1. The van der Waals surface area contributed by atoms with E-state index < -0.39 is 0 Å². The summed E-state index contributed by atoms with van der Waals surface area (Å²) in [6.07, 6.45) is 0. The minimum Gasteiger partial charge on any atom is -0.496 e. The number of methoxy groups -OCH3 is 2. The van der Waals surface area contributed by atoms with Crippen LogP contribution in [0, 0.1) is 13.8 Å². The summed E-state index contributed by atoms with van der Waals surface area (Å²) in [5, 5.41) is 2.93. The highest BCUT2D eigenvalue weighted by atomic mass is 16.5. The summed E-state index contributed by atoms with van der Waals surface area (Å²) in [6.45, 7) is 4.26. The molecule has 0 aliphatic rings. The van der Waals surface area contributed by atoms with Gasteiger partial charge in [-0.15, -0.1) is 0 Å². The molecule has 0 saturated heterocycles. The molecule has 0 unspecified atom stereocenters. The summed E-state index contributed by atoms with van der Waals surface area (Å²) >= 11 is 0. The zero-order chi connectivity index (χ0) is 16.1. The molecule has 1 N–H and O–H groups in total. The number of carbonyl (C=O) groups excluding carboxylic acids is 1. The van der Waals surface area contributed by atoms with Crippen molar-refractivity contribution < 1.29 is 14.3 Å². The van der Waals surface area contributed by atoms with Crippen molar-refractivity contribution in [2.75, 3.05) is 14.2 Å². The molecule has 0 aromatic heterocycles. The Morgan fingerprint density at radius 3 is 2.32 bits per heavy atom. The number of carbonyl (C=O) groups is 1. The van der Waals surface area contributed by atoms with Crippen molar-refractivity contribution in [1.29, 1.82) is 0 Å². The van der Waals surface area contributed by atoms with Gasteiger partial charge in [-0.2, -0.15) is 0 Å². The topological polar surface area (TPSA) is 47.6 Å². The Hall–Kier alpha value is -2.49. The molecular weight excluding hydrogens is 278 g/mol. The van der Waals surface area contributed by atoms with Crippen molar-refractivity contribution in [2.45, 2.75) is 20.4 Å². The predicted octanol–water partition coefficient (Wildman–Crippen LogP) is 3.25. The number of benzene rings is 2. The molecule has 0 aliphatic heterocycles. The molecule has 0 radical (unpaired) electrons. The fourth-order valence-corrected chi connectivity index (χ4v) is 2.35. The summed E-state index contributed by atoms with van der Waals surface area (Å²) < 4.78 is 10.7. The molecule has 0 fully saturated rings. The average Bonchev–Trinajstić information content (AvgIpc) is 2.53. The van der Waals surface area contributed by atoms with Crippen molar-refractivity contribution in [3.8, 4) is 11.5 Å². The molecule has 4 nitrogen and oxygen atoms in total. The Balaban J connectivity index is 2.17. The highest BCUT2D eigenvalue weighted by Crippen LogP contribution is 2.28. The molecule has 0 spiro atoms. The van der Waals surface area contributed by atoms with Crippen LogP contribution >= 0.6 is 0 Å². The van der Waals surface area contributed by atoms with Crippen LogP contribution in [-0.4, -0.2) is 20.1 Å². The summed E-state index contributed by atoms with van der Waals surface area (Å²) in [5.74, 6) is 1.42. The Labute approximate surface area is 131 Å². The zero-order valence-electron chi connectivity index (χ0n) is 13.4. The Kier molecular flexibility index (Phi) is 5.04. The molecule has 2 aromatic carbocycles. The number of aryl methyl sites for hydroxylation is 2. The van der Waals surface area contributed by atoms with E-state index in [1.54, 1.807) is 14.2 Å². The highest BCUT2D eigenvalue weighted by molar-refractivity contribution is 5.95. The third-order valence-corrected chi connectivity index (χ3v) is 3.63. The van der Waals surface area contributed by atoms with Gasteiger partial charge in [0.1, 0.15) is 11.5 Å². The highest BCUT2D eigenvalue weighted by Gasteiger charge is 2.12. The fraction of sp³-hybridized carbons (Fsp3) is 0.278. The van der Waals surface area contributed by atoms with Gasteiger partial charge >= 0.3 is 0 Å². The van der Waals surface area contributed by atoms with E-state index in [1.807, 2.05) is 50.2 Å². The van der Waals surface area contributed by atoms with Crippen LogP contribution in [0.2, 0.25) is 0 Å². The Morgan fingerprint density at radius 2 is 1.68 bits per heavy atom. The lowest BCUT2D eigenvalue weighted by Gasteiger charge is -2.14. The van der Waals surface area contributed by atoms with Gasteiger partial charge in [-0.1, -0.05) is 18.2 Å². The first-order valence-electron chi connectivity index (χ1n) is 7.12. The molecular formula is C18H21NO3. The van der Waals surface area contributed by atoms with Crippen LogP contribution in [0.4, 0.5) is 0 Å². The largest absolute Gasteiger partial charge is 0.496 e. The van der Waals surface area contributed by atoms with Crippen LogP contribution < -0.4 is 14.8 Å². The van der Waals surface area contributed by atoms with E-state index in [0.717, 1.165) is 28.2 Å². The minimum atomic E-state index is -0.0975. The van der Waals surface area contributed by atoms with Crippen LogP contribution in [0.5, 0.6) is 11.5 Å². The van der Waals surface area contributed by atoms with Gasteiger partial charge in [0.2, 0.25) is 0 Å². The number of ether oxygens (including phenoxy) is 2. The molecule has 2 aromatic rings. The number of amides is 1. The van der Waals surface area contributed by atoms with Gasteiger partial charge in [-0.25, -0.2) is 0 Å². The van der Waals surface area contributed by atoms with Gasteiger partial charge < -0.3 is 14.8 Å². The molecule has 0 heterocycles. The second kappa shape index (κ2) is 6.98. The summed E-state index contributed by atoms with van der Waals surface area (Å²) in [7, 11) is 3.25. The maximum absolute atomic E-state index is 12.3. The van der Waals surface area contributed by atoms with E-state index in [4.69, 9.17) is 9.47 Å². The van der Waals surface area contributed by atoms with Crippen LogP contribution in [0.25, 0.3) is 0 Å². The molecule has 0 saturated carbocycles. The van der Waals surface area contributed by atoms with Gasteiger partial charge in [0.05, 0.1) is 14.2 Å². The lowest BCUT2D eigenvalue weighted by molar-refractivity contribution is 0.0950. The monoisotopic (exact) mass is 299 g/mol. The summed E-state index contributed by atoms with van der Waals surface area (Å²) in [4.78, 5) is 12.3. The maximum Gasteiger partial charge on any atom is 0.251 e. The predicted molar refractivity (Wildman–Crippen MR) is 86.6 cm³/mol. The van der Waals surface area contributed by atoms with Gasteiger partial charge in [0, 0.05) is 17.7 Å². The lowest BCUT2D eigenvalue weighted by Crippen LogP contribution is -2.23. The van der Waals surface area contributed by atoms with Crippen LogP contribution in [-0.2, 0) is 6.54 Å². The molecule has 2 rings (SSSR count). The van der Waals surface area contributed by atoms with Crippen LogP contribution in [0.15, 0.2) is 36.4 Å². The Bertz CT molecular complexity index is 680. The second-order valence-corrected chi connectivity index (χ2v) is 5.13.